The summed E-state index contributed by atoms with van der Waals surface area (Å²) < 4.78 is 0. The number of hydrogen-bond acceptors (Lipinski definition) is 2. The molecule has 0 aromatic heterocycles. The first-order chi connectivity index (χ1) is 8.15. The van der Waals surface area contributed by atoms with Crippen LogP contribution in [-0.2, 0) is 0 Å². The van der Waals surface area contributed by atoms with Crippen molar-refractivity contribution in [2.24, 2.45) is 11.7 Å². The number of benzene rings is 1. The van der Waals surface area contributed by atoms with Crippen molar-refractivity contribution >= 4 is 11.7 Å². The first kappa shape index (κ1) is 11.9. The fourth-order valence-corrected chi connectivity index (χ4v) is 1.80. The van der Waals surface area contributed by atoms with E-state index in [0.717, 1.165) is 11.3 Å². The molecule has 4 N–H and O–H groups in total. The van der Waals surface area contributed by atoms with Crippen LogP contribution in [0.1, 0.15) is 18.4 Å². The molecule has 1 aliphatic rings. The van der Waals surface area contributed by atoms with E-state index in [-0.39, 0.29) is 12.1 Å². The van der Waals surface area contributed by atoms with Gasteiger partial charge in [0.1, 0.15) is 0 Å². The molecule has 2 amide bonds. The minimum Gasteiger partial charge on any atom is -0.336 e. The highest BCUT2D eigenvalue weighted by atomic mass is 16.2. The van der Waals surface area contributed by atoms with Gasteiger partial charge in [-0.2, -0.15) is 0 Å². The Bertz CT molecular complexity index is 401. The Balaban J connectivity index is 1.76. The Hall–Kier alpha value is -1.55. The van der Waals surface area contributed by atoms with Crippen molar-refractivity contribution in [2.75, 3.05) is 11.9 Å². The zero-order valence-corrected chi connectivity index (χ0v) is 10.1. The van der Waals surface area contributed by atoms with Gasteiger partial charge in [-0.25, -0.2) is 4.79 Å². The SMILES string of the molecule is Cc1cccc(NC(=O)NCC(N)C2CC2)c1. The second kappa shape index (κ2) is 5.19. The predicted octanol–water partition coefficient (Wildman–Crippen LogP) is 1.85. The van der Waals surface area contributed by atoms with Crippen LogP contribution in [0.25, 0.3) is 0 Å². The highest BCUT2D eigenvalue weighted by Crippen LogP contribution is 2.31. The minimum absolute atomic E-state index is 0.0956. The van der Waals surface area contributed by atoms with Crippen LogP contribution < -0.4 is 16.4 Å². The van der Waals surface area contributed by atoms with Gasteiger partial charge in [-0.15, -0.1) is 0 Å². The summed E-state index contributed by atoms with van der Waals surface area (Å²) >= 11 is 0. The van der Waals surface area contributed by atoms with E-state index < -0.39 is 0 Å². The smallest absolute Gasteiger partial charge is 0.319 e. The first-order valence-electron chi connectivity index (χ1n) is 6.02. The Morgan fingerprint density at radius 1 is 1.53 bits per heavy atom. The maximum atomic E-state index is 11.6. The molecule has 0 aliphatic heterocycles. The molecule has 0 radical (unpaired) electrons. The molecule has 4 heteroatoms. The lowest BCUT2D eigenvalue weighted by Crippen LogP contribution is -2.40. The number of anilines is 1. The summed E-state index contributed by atoms with van der Waals surface area (Å²) in [6.07, 6.45) is 2.39. The maximum Gasteiger partial charge on any atom is 0.319 e. The Labute approximate surface area is 102 Å². The first-order valence-corrected chi connectivity index (χ1v) is 6.02. The average molecular weight is 233 g/mol. The average Bonchev–Trinajstić information content (AvgIpc) is 3.09. The van der Waals surface area contributed by atoms with Crippen molar-refractivity contribution in [3.05, 3.63) is 29.8 Å². The number of hydrogen-bond donors (Lipinski definition) is 3. The van der Waals surface area contributed by atoms with Gasteiger partial charge < -0.3 is 16.4 Å². The molecule has 92 valence electrons. The number of carbonyl (C=O) groups is 1. The molecule has 0 spiro atoms. The molecular formula is C13H19N3O. The zero-order valence-electron chi connectivity index (χ0n) is 10.1. The van der Waals surface area contributed by atoms with Crippen molar-refractivity contribution in [3.63, 3.8) is 0 Å². The Morgan fingerprint density at radius 2 is 2.29 bits per heavy atom. The van der Waals surface area contributed by atoms with Gasteiger partial charge in [-0.05, 0) is 43.4 Å². The summed E-state index contributed by atoms with van der Waals surface area (Å²) in [4.78, 5) is 11.6. The fraction of sp³-hybridized carbons (Fsp3) is 0.462. The normalized spacial score (nSPS) is 16.4. The van der Waals surface area contributed by atoms with Gasteiger partial charge in [-0.3, -0.25) is 0 Å². The molecule has 4 nitrogen and oxygen atoms in total. The highest BCUT2D eigenvalue weighted by Gasteiger charge is 2.28. The third-order valence-corrected chi connectivity index (χ3v) is 3.00. The van der Waals surface area contributed by atoms with Gasteiger partial charge in [0.05, 0.1) is 0 Å². The van der Waals surface area contributed by atoms with Crippen LogP contribution >= 0.6 is 0 Å². The number of amides is 2. The minimum atomic E-state index is -0.188. The van der Waals surface area contributed by atoms with E-state index in [1.54, 1.807) is 0 Å². The maximum absolute atomic E-state index is 11.6. The van der Waals surface area contributed by atoms with Gasteiger partial charge in [-0.1, -0.05) is 12.1 Å². The number of aryl methyl sites for hydroxylation is 1. The highest BCUT2D eigenvalue weighted by molar-refractivity contribution is 5.89. The molecular weight excluding hydrogens is 214 g/mol. The van der Waals surface area contributed by atoms with E-state index >= 15 is 0 Å². The number of urea groups is 1. The molecule has 1 unspecified atom stereocenters. The lowest BCUT2D eigenvalue weighted by Gasteiger charge is -2.12. The molecule has 0 bridgehead atoms. The van der Waals surface area contributed by atoms with Crippen molar-refractivity contribution in [3.8, 4) is 0 Å². The van der Waals surface area contributed by atoms with Gasteiger partial charge in [0.25, 0.3) is 0 Å². The van der Waals surface area contributed by atoms with Crippen LogP contribution in [-0.4, -0.2) is 18.6 Å². The predicted molar refractivity (Wildman–Crippen MR) is 68.9 cm³/mol. The summed E-state index contributed by atoms with van der Waals surface area (Å²) in [6, 6.07) is 7.62. The molecule has 0 saturated heterocycles. The number of nitrogens with two attached hydrogens (primary N) is 1. The van der Waals surface area contributed by atoms with Crippen LogP contribution in [0, 0.1) is 12.8 Å². The van der Waals surface area contributed by atoms with Crippen LogP contribution in [0.3, 0.4) is 0 Å². The van der Waals surface area contributed by atoms with Gasteiger partial charge in [0.2, 0.25) is 0 Å². The number of rotatable bonds is 4. The number of nitrogens with one attached hydrogen (secondary N) is 2. The van der Waals surface area contributed by atoms with Crippen LogP contribution in [0.2, 0.25) is 0 Å². The van der Waals surface area contributed by atoms with Crippen molar-refractivity contribution in [1.29, 1.82) is 0 Å². The van der Waals surface area contributed by atoms with Crippen molar-refractivity contribution in [2.45, 2.75) is 25.8 Å². The quantitative estimate of drug-likeness (QED) is 0.743. The molecule has 1 aliphatic carbocycles. The van der Waals surface area contributed by atoms with E-state index in [4.69, 9.17) is 5.73 Å². The third-order valence-electron chi connectivity index (χ3n) is 3.00. The summed E-state index contributed by atoms with van der Waals surface area (Å²) in [7, 11) is 0. The third kappa shape index (κ3) is 3.75. The van der Waals surface area contributed by atoms with Crippen LogP contribution in [0.4, 0.5) is 10.5 Å². The summed E-state index contributed by atoms with van der Waals surface area (Å²) in [5, 5.41) is 5.59. The standard InChI is InChI=1S/C13H19N3O/c1-9-3-2-4-11(7-9)16-13(17)15-8-12(14)10-5-6-10/h2-4,7,10,12H,5-6,8,14H2,1H3,(H2,15,16,17). The summed E-state index contributed by atoms with van der Waals surface area (Å²) in [5.41, 5.74) is 7.83. The topological polar surface area (TPSA) is 67.2 Å². The molecule has 1 atom stereocenters. The van der Waals surface area contributed by atoms with Gasteiger partial charge >= 0.3 is 6.03 Å². The van der Waals surface area contributed by atoms with E-state index in [2.05, 4.69) is 10.6 Å². The van der Waals surface area contributed by atoms with Gasteiger partial charge in [0, 0.05) is 18.3 Å². The molecule has 2 rings (SSSR count). The van der Waals surface area contributed by atoms with Crippen LogP contribution in [0.15, 0.2) is 24.3 Å². The lowest BCUT2D eigenvalue weighted by atomic mass is 10.2. The number of carbonyl (C=O) groups excluding carboxylic acids is 1. The van der Waals surface area contributed by atoms with Gasteiger partial charge in [0.15, 0.2) is 0 Å². The zero-order chi connectivity index (χ0) is 12.3. The monoisotopic (exact) mass is 233 g/mol. The summed E-state index contributed by atoms with van der Waals surface area (Å²) in [6.45, 7) is 2.54. The molecule has 1 fully saturated rings. The second-order valence-corrected chi connectivity index (χ2v) is 4.71. The van der Waals surface area contributed by atoms with Crippen molar-refractivity contribution in [1.82, 2.24) is 5.32 Å². The molecule has 1 saturated carbocycles. The molecule has 1 aromatic carbocycles. The summed E-state index contributed by atoms with van der Waals surface area (Å²) in [5.74, 6) is 0.606. The van der Waals surface area contributed by atoms with E-state index in [9.17, 15) is 4.79 Å². The second-order valence-electron chi connectivity index (χ2n) is 4.71. The lowest BCUT2D eigenvalue weighted by molar-refractivity contribution is 0.251. The van der Waals surface area contributed by atoms with E-state index in [1.807, 2.05) is 31.2 Å². The molecule has 1 aromatic rings. The van der Waals surface area contributed by atoms with E-state index in [1.165, 1.54) is 12.8 Å². The van der Waals surface area contributed by atoms with Crippen LogP contribution in [0.5, 0.6) is 0 Å². The largest absolute Gasteiger partial charge is 0.336 e. The van der Waals surface area contributed by atoms with E-state index in [0.29, 0.717) is 12.5 Å². The Morgan fingerprint density at radius 3 is 2.94 bits per heavy atom. The molecule has 17 heavy (non-hydrogen) atoms. The fourth-order valence-electron chi connectivity index (χ4n) is 1.80. The molecule has 0 heterocycles. The van der Waals surface area contributed by atoms with Crippen molar-refractivity contribution < 1.29 is 4.79 Å². The Kier molecular flexibility index (Phi) is 3.64.